The molecular weight excluding hydrogens is 396 g/mol. The van der Waals surface area contributed by atoms with E-state index in [-0.39, 0.29) is 11.8 Å². The van der Waals surface area contributed by atoms with Gasteiger partial charge in [-0.25, -0.2) is 0 Å². The fourth-order valence-electron chi connectivity index (χ4n) is 5.21. The van der Waals surface area contributed by atoms with Gasteiger partial charge in [0.15, 0.2) is 0 Å². The molecule has 2 aliphatic rings. The van der Waals surface area contributed by atoms with Crippen LogP contribution in [-0.2, 0) is 9.53 Å². The molecule has 4 heteroatoms. The maximum absolute atomic E-state index is 12.6. The number of nitrogens with one attached hydrogen (secondary N) is 1. The maximum atomic E-state index is 12.6. The predicted molar refractivity (Wildman–Crippen MR) is 130 cm³/mol. The highest BCUT2D eigenvalue weighted by Crippen LogP contribution is 2.29. The normalized spacial score (nSPS) is 18.7. The van der Waals surface area contributed by atoms with E-state index in [1.807, 2.05) is 0 Å². The van der Waals surface area contributed by atoms with Crippen LogP contribution in [0.25, 0.3) is 0 Å². The van der Waals surface area contributed by atoms with Crippen molar-refractivity contribution in [2.75, 3.05) is 39.4 Å². The average Bonchev–Trinajstić information content (AvgIpc) is 2.86. The van der Waals surface area contributed by atoms with Crippen LogP contribution in [0.2, 0.25) is 0 Å². The molecule has 0 aromatic heterocycles. The van der Waals surface area contributed by atoms with E-state index < -0.39 is 0 Å². The van der Waals surface area contributed by atoms with E-state index in [4.69, 9.17) is 4.74 Å². The SMILES string of the molecule is O=C(NCCC1CCOCC1)C1CCN(CCC(c2ccccc2)c2ccccc2)CC1. The summed E-state index contributed by atoms with van der Waals surface area (Å²) in [5.41, 5.74) is 2.77. The smallest absolute Gasteiger partial charge is 0.223 e. The van der Waals surface area contributed by atoms with E-state index in [0.29, 0.717) is 11.8 Å². The highest BCUT2D eigenvalue weighted by Gasteiger charge is 2.26. The third-order valence-electron chi connectivity index (χ3n) is 7.29. The van der Waals surface area contributed by atoms with Gasteiger partial charge in [0, 0.05) is 31.6 Å². The minimum Gasteiger partial charge on any atom is -0.381 e. The Morgan fingerprint density at radius 2 is 1.50 bits per heavy atom. The van der Waals surface area contributed by atoms with Crippen molar-refractivity contribution in [2.45, 2.75) is 44.4 Å². The predicted octanol–water partition coefficient (Wildman–Crippen LogP) is 4.85. The second-order valence-corrected chi connectivity index (χ2v) is 9.41. The first kappa shape index (κ1) is 23.0. The molecule has 0 bridgehead atoms. The number of benzene rings is 2. The molecule has 32 heavy (non-hydrogen) atoms. The van der Waals surface area contributed by atoms with Crippen LogP contribution in [0.1, 0.15) is 55.6 Å². The lowest BCUT2D eigenvalue weighted by molar-refractivity contribution is -0.126. The Kier molecular flexibility index (Phi) is 8.75. The lowest BCUT2D eigenvalue weighted by Gasteiger charge is -2.32. The van der Waals surface area contributed by atoms with Gasteiger partial charge in [0.25, 0.3) is 0 Å². The molecule has 2 saturated heterocycles. The molecule has 2 aliphatic heterocycles. The van der Waals surface area contributed by atoms with Crippen LogP contribution < -0.4 is 5.32 Å². The van der Waals surface area contributed by atoms with Gasteiger partial charge in [-0.3, -0.25) is 4.79 Å². The van der Waals surface area contributed by atoms with Crippen molar-refractivity contribution in [3.05, 3.63) is 71.8 Å². The number of likely N-dealkylation sites (tertiary alicyclic amines) is 1. The van der Waals surface area contributed by atoms with E-state index in [9.17, 15) is 4.79 Å². The van der Waals surface area contributed by atoms with Crippen LogP contribution in [-0.4, -0.2) is 50.2 Å². The summed E-state index contributed by atoms with van der Waals surface area (Å²) >= 11 is 0. The molecule has 0 radical (unpaired) electrons. The molecule has 2 fully saturated rings. The molecule has 2 aromatic rings. The Balaban J connectivity index is 1.21. The molecule has 1 N–H and O–H groups in total. The lowest BCUT2D eigenvalue weighted by atomic mass is 9.88. The maximum Gasteiger partial charge on any atom is 0.223 e. The number of amides is 1. The Morgan fingerprint density at radius 3 is 2.09 bits per heavy atom. The fourth-order valence-corrected chi connectivity index (χ4v) is 5.21. The molecular formula is C28H38N2O2. The molecule has 0 aliphatic carbocycles. The Bertz CT molecular complexity index is 757. The first-order chi connectivity index (χ1) is 15.8. The Morgan fingerprint density at radius 1 is 0.906 bits per heavy atom. The minimum absolute atomic E-state index is 0.181. The van der Waals surface area contributed by atoms with Gasteiger partial charge in [-0.15, -0.1) is 0 Å². The molecule has 0 unspecified atom stereocenters. The summed E-state index contributed by atoms with van der Waals surface area (Å²) in [6.07, 6.45) is 6.43. The van der Waals surface area contributed by atoms with Crippen LogP contribution in [0.3, 0.4) is 0 Å². The highest BCUT2D eigenvalue weighted by molar-refractivity contribution is 5.78. The monoisotopic (exact) mass is 434 g/mol. The second-order valence-electron chi connectivity index (χ2n) is 9.41. The zero-order valence-corrected chi connectivity index (χ0v) is 19.3. The first-order valence-corrected chi connectivity index (χ1v) is 12.5. The van der Waals surface area contributed by atoms with Gasteiger partial charge in [-0.1, -0.05) is 60.7 Å². The number of nitrogens with zero attached hydrogens (tertiary/aromatic N) is 1. The van der Waals surface area contributed by atoms with Gasteiger partial charge >= 0.3 is 0 Å². The lowest BCUT2D eigenvalue weighted by Crippen LogP contribution is -2.41. The summed E-state index contributed by atoms with van der Waals surface area (Å²) in [5, 5.41) is 3.21. The molecule has 0 spiro atoms. The zero-order chi connectivity index (χ0) is 22.0. The topological polar surface area (TPSA) is 41.6 Å². The van der Waals surface area contributed by atoms with E-state index in [1.165, 1.54) is 11.1 Å². The number of hydrogen-bond donors (Lipinski definition) is 1. The van der Waals surface area contributed by atoms with Gasteiger partial charge in [-0.2, -0.15) is 0 Å². The summed E-state index contributed by atoms with van der Waals surface area (Å²) < 4.78 is 5.43. The Hall–Kier alpha value is -2.17. The van der Waals surface area contributed by atoms with E-state index in [0.717, 1.165) is 77.9 Å². The summed E-state index contributed by atoms with van der Waals surface area (Å²) in [5.74, 6) is 1.58. The number of carbonyl (C=O) groups is 1. The second kappa shape index (κ2) is 12.2. The van der Waals surface area contributed by atoms with Gasteiger partial charge in [0.05, 0.1) is 0 Å². The third-order valence-corrected chi connectivity index (χ3v) is 7.29. The Labute approximate surface area is 193 Å². The molecule has 172 valence electrons. The molecule has 4 nitrogen and oxygen atoms in total. The van der Waals surface area contributed by atoms with E-state index in [2.05, 4.69) is 70.9 Å². The van der Waals surface area contributed by atoms with E-state index in [1.54, 1.807) is 0 Å². The molecule has 2 heterocycles. The number of ether oxygens (including phenoxy) is 1. The summed E-state index contributed by atoms with van der Waals surface area (Å²) in [6, 6.07) is 21.7. The van der Waals surface area contributed by atoms with Gasteiger partial charge in [-0.05, 0) is 75.2 Å². The fraction of sp³-hybridized carbons (Fsp3) is 0.536. The molecule has 1 amide bonds. The van der Waals surface area contributed by atoms with Crippen LogP contribution in [0.15, 0.2) is 60.7 Å². The van der Waals surface area contributed by atoms with Crippen molar-refractivity contribution in [3.63, 3.8) is 0 Å². The third kappa shape index (κ3) is 6.66. The van der Waals surface area contributed by atoms with E-state index >= 15 is 0 Å². The van der Waals surface area contributed by atoms with Crippen LogP contribution >= 0.6 is 0 Å². The quantitative estimate of drug-likeness (QED) is 0.613. The standard InChI is InChI=1S/C28H38N2O2/c31-28(29-17-11-23-15-21-32-22-16-23)26-12-18-30(19-13-26)20-14-27(24-7-3-1-4-8-24)25-9-5-2-6-10-25/h1-10,23,26-27H,11-22H2,(H,29,31). The highest BCUT2D eigenvalue weighted by atomic mass is 16.5. The first-order valence-electron chi connectivity index (χ1n) is 12.5. The average molecular weight is 435 g/mol. The molecule has 2 aromatic carbocycles. The molecule has 0 saturated carbocycles. The largest absolute Gasteiger partial charge is 0.381 e. The van der Waals surface area contributed by atoms with Crippen molar-refractivity contribution in [3.8, 4) is 0 Å². The summed E-state index contributed by atoms with van der Waals surface area (Å²) in [6.45, 7) is 5.70. The van der Waals surface area contributed by atoms with Gasteiger partial charge < -0.3 is 15.0 Å². The van der Waals surface area contributed by atoms with Crippen molar-refractivity contribution < 1.29 is 9.53 Å². The molecule has 0 atom stereocenters. The van der Waals surface area contributed by atoms with Crippen molar-refractivity contribution in [1.29, 1.82) is 0 Å². The number of piperidine rings is 1. The van der Waals surface area contributed by atoms with Crippen LogP contribution in [0, 0.1) is 11.8 Å². The minimum atomic E-state index is 0.181. The number of hydrogen-bond acceptors (Lipinski definition) is 3. The van der Waals surface area contributed by atoms with Crippen molar-refractivity contribution in [1.82, 2.24) is 10.2 Å². The molecule has 4 rings (SSSR count). The van der Waals surface area contributed by atoms with Gasteiger partial charge in [0.2, 0.25) is 5.91 Å². The summed E-state index contributed by atoms with van der Waals surface area (Å²) in [4.78, 5) is 15.2. The van der Waals surface area contributed by atoms with Crippen molar-refractivity contribution >= 4 is 5.91 Å². The van der Waals surface area contributed by atoms with Crippen LogP contribution in [0.5, 0.6) is 0 Å². The summed E-state index contributed by atoms with van der Waals surface area (Å²) in [7, 11) is 0. The number of rotatable bonds is 9. The van der Waals surface area contributed by atoms with Gasteiger partial charge in [0.1, 0.15) is 0 Å². The zero-order valence-electron chi connectivity index (χ0n) is 19.3. The number of carbonyl (C=O) groups excluding carboxylic acids is 1. The van der Waals surface area contributed by atoms with Crippen molar-refractivity contribution in [2.24, 2.45) is 11.8 Å². The van der Waals surface area contributed by atoms with Crippen LogP contribution in [0.4, 0.5) is 0 Å².